The number of carbonyl (C=O) groups excluding carboxylic acids is 1. The summed E-state index contributed by atoms with van der Waals surface area (Å²) in [6.07, 6.45) is 1.51. The number of hydrogen-bond acceptors (Lipinski definition) is 3. The number of halogens is 1. The fourth-order valence-corrected chi connectivity index (χ4v) is 1.88. The Bertz CT molecular complexity index is 537. The normalized spacial score (nSPS) is 10.7. The van der Waals surface area contributed by atoms with Crippen LogP contribution in [0.2, 0.25) is 0 Å². The van der Waals surface area contributed by atoms with Gasteiger partial charge in [-0.25, -0.2) is 4.98 Å². The highest BCUT2D eigenvalue weighted by Gasteiger charge is 2.15. The molecule has 0 aliphatic rings. The van der Waals surface area contributed by atoms with Gasteiger partial charge in [0.2, 0.25) is 6.41 Å². The molecule has 5 nitrogen and oxygen atoms in total. The van der Waals surface area contributed by atoms with E-state index in [4.69, 9.17) is 0 Å². The first-order valence-corrected chi connectivity index (χ1v) is 5.69. The zero-order valence-electron chi connectivity index (χ0n) is 9.01. The Morgan fingerprint density at radius 1 is 1.56 bits per heavy atom. The van der Waals surface area contributed by atoms with Crippen LogP contribution in [0.15, 0.2) is 16.7 Å². The molecule has 2 aromatic heterocycles. The lowest BCUT2D eigenvalue weighted by atomic mass is 10.3. The van der Waals surface area contributed by atoms with Gasteiger partial charge in [-0.1, -0.05) is 6.92 Å². The second-order valence-electron chi connectivity index (χ2n) is 3.38. The summed E-state index contributed by atoms with van der Waals surface area (Å²) in [5.74, 6) is 0.716. The van der Waals surface area contributed by atoms with Crippen LogP contribution in [0, 0.1) is 0 Å². The number of imidazole rings is 1. The number of rotatable bonds is 3. The van der Waals surface area contributed by atoms with Gasteiger partial charge in [0.1, 0.15) is 4.60 Å². The van der Waals surface area contributed by atoms with Crippen molar-refractivity contribution < 1.29 is 4.79 Å². The monoisotopic (exact) mass is 282 g/mol. The van der Waals surface area contributed by atoms with Crippen LogP contribution in [-0.2, 0) is 11.2 Å². The van der Waals surface area contributed by atoms with Gasteiger partial charge in [-0.15, -0.1) is 0 Å². The lowest BCUT2D eigenvalue weighted by Crippen LogP contribution is -2.18. The largest absolute Gasteiger partial charge is 0.301 e. The Balaban J connectivity index is 2.75. The summed E-state index contributed by atoms with van der Waals surface area (Å²) >= 11 is 3.30. The van der Waals surface area contributed by atoms with Crippen LogP contribution in [0.3, 0.4) is 0 Å². The van der Waals surface area contributed by atoms with Gasteiger partial charge in [0, 0.05) is 7.05 Å². The fraction of sp³-hybridized carbons (Fsp3) is 0.300. The maximum absolute atomic E-state index is 10.8. The number of amides is 1. The predicted molar refractivity (Wildman–Crippen MR) is 64.5 cm³/mol. The molecule has 2 heterocycles. The number of fused-ring (bicyclic) bond motifs is 1. The molecule has 0 saturated heterocycles. The number of aryl methyl sites for hydroxylation is 1. The van der Waals surface area contributed by atoms with Crippen molar-refractivity contribution in [3.8, 4) is 0 Å². The molecule has 6 heteroatoms. The fourth-order valence-electron chi connectivity index (χ4n) is 1.59. The van der Waals surface area contributed by atoms with Crippen molar-refractivity contribution in [2.75, 3.05) is 11.9 Å². The van der Waals surface area contributed by atoms with Crippen LogP contribution in [0.1, 0.15) is 12.6 Å². The van der Waals surface area contributed by atoms with Gasteiger partial charge < -0.3 is 4.90 Å². The van der Waals surface area contributed by atoms with E-state index in [0.717, 1.165) is 24.2 Å². The molecule has 2 rings (SSSR count). The van der Waals surface area contributed by atoms with E-state index in [1.54, 1.807) is 11.6 Å². The van der Waals surface area contributed by atoms with E-state index in [1.165, 1.54) is 4.90 Å². The average molecular weight is 283 g/mol. The Morgan fingerprint density at radius 2 is 2.31 bits per heavy atom. The van der Waals surface area contributed by atoms with Crippen molar-refractivity contribution in [2.24, 2.45) is 0 Å². The summed E-state index contributed by atoms with van der Waals surface area (Å²) in [4.78, 5) is 16.8. The predicted octanol–water partition coefficient (Wildman–Crippen LogP) is 1.65. The van der Waals surface area contributed by atoms with Crippen molar-refractivity contribution in [1.29, 1.82) is 0 Å². The van der Waals surface area contributed by atoms with E-state index in [9.17, 15) is 4.79 Å². The Morgan fingerprint density at radius 3 is 2.94 bits per heavy atom. The van der Waals surface area contributed by atoms with Gasteiger partial charge in [-0.3, -0.25) is 4.79 Å². The molecule has 0 atom stereocenters. The molecule has 0 aliphatic carbocycles. The van der Waals surface area contributed by atoms with Gasteiger partial charge in [-0.05, 0) is 34.5 Å². The second-order valence-corrected chi connectivity index (χ2v) is 4.19. The Labute approximate surface area is 101 Å². The molecule has 0 unspecified atom stereocenters. The third-order valence-corrected chi connectivity index (χ3v) is 2.74. The van der Waals surface area contributed by atoms with Gasteiger partial charge >= 0.3 is 0 Å². The summed E-state index contributed by atoms with van der Waals surface area (Å²) in [6.45, 7) is 2.00. The highest BCUT2D eigenvalue weighted by atomic mass is 79.9. The zero-order valence-corrected chi connectivity index (χ0v) is 10.6. The van der Waals surface area contributed by atoms with Crippen LogP contribution >= 0.6 is 15.9 Å². The molecular weight excluding hydrogens is 272 g/mol. The molecule has 0 radical (unpaired) electrons. The molecule has 1 amide bonds. The molecule has 0 bridgehead atoms. The van der Waals surface area contributed by atoms with Crippen molar-refractivity contribution in [3.05, 3.63) is 22.4 Å². The quantitative estimate of drug-likeness (QED) is 0.805. The first-order valence-electron chi connectivity index (χ1n) is 4.89. The molecule has 0 aromatic carbocycles. The number of nitrogens with zero attached hydrogens (tertiary/aromatic N) is 4. The third-order valence-electron chi connectivity index (χ3n) is 2.32. The summed E-state index contributed by atoms with van der Waals surface area (Å²) in [6, 6.07) is 3.69. The minimum atomic E-state index is 0.709. The Kier molecular flexibility index (Phi) is 2.91. The van der Waals surface area contributed by atoms with Crippen molar-refractivity contribution in [3.63, 3.8) is 0 Å². The van der Waals surface area contributed by atoms with Gasteiger partial charge in [0.15, 0.2) is 11.5 Å². The lowest BCUT2D eigenvalue weighted by Gasteiger charge is -2.10. The zero-order chi connectivity index (χ0) is 11.7. The topological polar surface area (TPSA) is 50.5 Å². The molecule has 2 aromatic rings. The van der Waals surface area contributed by atoms with Crippen LogP contribution in [0.4, 0.5) is 5.82 Å². The number of hydrogen-bond donors (Lipinski definition) is 0. The van der Waals surface area contributed by atoms with E-state index in [1.807, 2.05) is 19.1 Å². The third kappa shape index (κ3) is 1.69. The molecule has 0 fully saturated rings. The number of anilines is 1. The first kappa shape index (κ1) is 11.1. The minimum absolute atomic E-state index is 0.709. The van der Waals surface area contributed by atoms with Crippen LogP contribution in [0.5, 0.6) is 0 Å². The molecule has 16 heavy (non-hydrogen) atoms. The summed E-state index contributed by atoms with van der Waals surface area (Å²) in [7, 11) is 1.69. The van der Waals surface area contributed by atoms with Crippen molar-refractivity contribution >= 4 is 33.8 Å². The Hall–Kier alpha value is -1.43. The van der Waals surface area contributed by atoms with E-state index in [-0.39, 0.29) is 0 Å². The van der Waals surface area contributed by atoms with Crippen molar-refractivity contribution in [2.45, 2.75) is 13.3 Å². The smallest absolute Gasteiger partial charge is 0.215 e. The summed E-state index contributed by atoms with van der Waals surface area (Å²) in [5, 5.41) is 4.28. The molecule has 0 aliphatic heterocycles. The van der Waals surface area contributed by atoms with E-state index in [0.29, 0.717) is 10.4 Å². The standard InChI is InChI=1S/C10H11BrN4O/c1-3-7-10(14(2)6-16)15-9(12-7)5-4-8(11)13-15/h4-6H,3H2,1-2H3. The molecule has 0 N–H and O–H groups in total. The minimum Gasteiger partial charge on any atom is -0.301 e. The highest BCUT2D eigenvalue weighted by Crippen LogP contribution is 2.21. The summed E-state index contributed by atoms with van der Waals surface area (Å²) < 4.78 is 2.37. The van der Waals surface area contributed by atoms with Gasteiger partial charge in [0.25, 0.3) is 0 Å². The van der Waals surface area contributed by atoms with E-state index >= 15 is 0 Å². The maximum Gasteiger partial charge on any atom is 0.215 e. The van der Waals surface area contributed by atoms with E-state index in [2.05, 4.69) is 26.0 Å². The van der Waals surface area contributed by atoms with Gasteiger partial charge in [0.05, 0.1) is 5.69 Å². The van der Waals surface area contributed by atoms with E-state index < -0.39 is 0 Å². The first-order chi connectivity index (χ1) is 7.67. The van der Waals surface area contributed by atoms with Crippen LogP contribution in [-0.4, -0.2) is 28.1 Å². The summed E-state index contributed by atoms with van der Waals surface area (Å²) in [5.41, 5.74) is 1.60. The molecule has 84 valence electrons. The van der Waals surface area contributed by atoms with Crippen LogP contribution in [0.25, 0.3) is 5.65 Å². The lowest BCUT2D eigenvalue weighted by molar-refractivity contribution is -0.107. The highest BCUT2D eigenvalue weighted by molar-refractivity contribution is 9.10. The maximum atomic E-state index is 10.8. The second kappa shape index (κ2) is 4.21. The van der Waals surface area contributed by atoms with Crippen LogP contribution < -0.4 is 4.90 Å². The number of aromatic nitrogens is 3. The van der Waals surface area contributed by atoms with Gasteiger partial charge in [-0.2, -0.15) is 9.61 Å². The SMILES string of the molecule is CCc1nc2ccc(Br)nn2c1N(C)C=O. The number of carbonyl (C=O) groups is 1. The molecule has 0 saturated carbocycles. The molecular formula is C10H11BrN4O. The average Bonchev–Trinajstić information content (AvgIpc) is 2.65. The van der Waals surface area contributed by atoms with Crippen molar-refractivity contribution in [1.82, 2.24) is 14.6 Å². The molecule has 0 spiro atoms.